The molecule has 0 radical (unpaired) electrons. The van der Waals surface area contributed by atoms with Crippen molar-refractivity contribution in [1.82, 2.24) is 4.57 Å². The molecule has 0 aliphatic heterocycles. The summed E-state index contributed by atoms with van der Waals surface area (Å²) in [5, 5.41) is 5.52. The lowest BCUT2D eigenvalue weighted by Crippen LogP contribution is -2.09. The minimum atomic E-state index is -0.198. The molecule has 0 saturated heterocycles. The van der Waals surface area contributed by atoms with Crippen molar-refractivity contribution in [1.29, 1.82) is 0 Å². The molecule has 130 valence electrons. The average Bonchev–Trinajstić information content (AvgIpc) is 3.31. The van der Waals surface area contributed by atoms with Crippen LogP contribution in [0.25, 0.3) is 6.08 Å². The summed E-state index contributed by atoms with van der Waals surface area (Å²) in [7, 11) is 0. The minimum Gasteiger partial charge on any atom is -0.346 e. The molecule has 5 heteroatoms. The Morgan fingerprint density at radius 1 is 1.12 bits per heavy atom. The molecule has 0 atom stereocenters. The Balaban J connectivity index is 1.67. The Bertz CT molecular complexity index is 845. The van der Waals surface area contributed by atoms with Gasteiger partial charge in [0, 0.05) is 41.8 Å². The summed E-state index contributed by atoms with van der Waals surface area (Å²) in [5.74, 6) is -0.342. The fraction of sp³-hybridized carbons (Fsp3) is 0.300. The van der Waals surface area contributed by atoms with Crippen LogP contribution in [0.15, 0.2) is 36.4 Å². The third kappa shape index (κ3) is 4.18. The van der Waals surface area contributed by atoms with Crippen LogP contribution >= 0.6 is 0 Å². The van der Waals surface area contributed by atoms with Crippen molar-refractivity contribution in [3.05, 3.63) is 53.4 Å². The number of anilines is 2. The van der Waals surface area contributed by atoms with Gasteiger partial charge < -0.3 is 15.2 Å². The summed E-state index contributed by atoms with van der Waals surface area (Å²) in [6, 6.07) is 9.83. The van der Waals surface area contributed by atoms with Crippen LogP contribution in [0, 0.1) is 13.8 Å². The molecule has 1 aromatic carbocycles. The highest BCUT2D eigenvalue weighted by Crippen LogP contribution is 2.38. The lowest BCUT2D eigenvalue weighted by Gasteiger charge is -2.07. The maximum absolute atomic E-state index is 12.2. The molecule has 5 nitrogen and oxygen atoms in total. The van der Waals surface area contributed by atoms with Crippen molar-refractivity contribution in [3.63, 3.8) is 0 Å². The van der Waals surface area contributed by atoms with Crippen LogP contribution in [-0.2, 0) is 9.59 Å². The molecule has 1 fully saturated rings. The molecule has 1 saturated carbocycles. The molecule has 1 aliphatic carbocycles. The van der Waals surface area contributed by atoms with Crippen LogP contribution in [-0.4, -0.2) is 16.4 Å². The van der Waals surface area contributed by atoms with Gasteiger partial charge in [-0.1, -0.05) is 6.07 Å². The molecule has 2 N–H and O–H groups in total. The van der Waals surface area contributed by atoms with Gasteiger partial charge in [-0.2, -0.15) is 0 Å². The van der Waals surface area contributed by atoms with Crippen molar-refractivity contribution in [2.75, 3.05) is 10.6 Å². The largest absolute Gasteiger partial charge is 0.346 e. The van der Waals surface area contributed by atoms with Crippen LogP contribution in [0.2, 0.25) is 0 Å². The van der Waals surface area contributed by atoms with E-state index in [1.54, 1.807) is 30.3 Å². The van der Waals surface area contributed by atoms with E-state index in [4.69, 9.17) is 0 Å². The summed E-state index contributed by atoms with van der Waals surface area (Å²) in [5.41, 5.74) is 4.82. The second-order valence-corrected chi connectivity index (χ2v) is 6.51. The number of nitrogens with one attached hydrogen (secondary N) is 2. The SMILES string of the molecule is CC(=O)Nc1cccc(NC(=O)C=Cc2cc(C)n(C3CC3)c2C)c1. The number of nitrogens with zero attached hydrogens (tertiary/aromatic N) is 1. The zero-order valence-corrected chi connectivity index (χ0v) is 14.8. The van der Waals surface area contributed by atoms with Gasteiger partial charge in [-0.3, -0.25) is 9.59 Å². The predicted molar refractivity (Wildman–Crippen MR) is 101 cm³/mol. The Morgan fingerprint density at radius 3 is 2.44 bits per heavy atom. The van der Waals surface area contributed by atoms with Crippen molar-refractivity contribution < 1.29 is 9.59 Å². The Morgan fingerprint density at radius 2 is 1.80 bits per heavy atom. The van der Waals surface area contributed by atoms with Gasteiger partial charge in [-0.15, -0.1) is 0 Å². The van der Waals surface area contributed by atoms with E-state index in [-0.39, 0.29) is 11.8 Å². The summed E-state index contributed by atoms with van der Waals surface area (Å²) in [6.07, 6.45) is 5.88. The summed E-state index contributed by atoms with van der Waals surface area (Å²) >= 11 is 0. The molecule has 0 unspecified atom stereocenters. The van der Waals surface area contributed by atoms with Gasteiger partial charge in [-0.05, 0) is 62.6 Å². The van der Waals surface area contributed by atoms with Gasteiger partial charge in [0.2, 0.25) is 11.8 Å². The van der Waals surface area contributed by atoms with Crippen molar-refractivity contribution in [3.8, 4) is 0 Å². The number of aromatic nitrogens is 1. The monoisotopic (exact) mass is 337 g/mol. The average molecular weight is 337 g/mol. The van der Waals surface area contributed by atoms with Crippen LogP contribution in [0.4, 0.5) is 11.4 Å². The van der Waals surface area contributed by atoms with Gasteiger partial charge in [0.25, 0.3) is 0 Å². The van der Waals surface area contributed by atoms with E-state index >= 15 is 0 Å². The number of aryl methyl sites for hydroxylation is 1. The molecule has 2 aromatic rings. The first-order valence-corrected chi connectivity index (χ1v) is 8.49. The fourth-order valence-corrected chi connectivity index (χ4v) is 3.09. The molecular weight excluding hydrogens is 314 g/mol. The number of carbonyl (C=O) groups excluding carboxylic acids is 2. The van der Waals surface area contributed by atoms with Gasteiger partial charge in [0.05, 0.1) is 0 Å². The molecule has 2 amide bonds. The molecule has 1 heterocycles. The molecule has 0 spiro atoms. The van der Waals surface area contributed by atoms with E-state index in [2.05, 4.69) is 35.1 Å². The smallest absolute Gasteiger partial charge is 0.248 e. The Kier molecular flexibility index (Phi) is 4.74. The van der Waals surface area contributed by atoms with Crippen molar-refractivity contribution >= 4 is 29.3 Å². The van der Waals surface area contributed by atoms with Crippen molar-refractivity contribution in [2.45, 2.75) is 39.7 Å². The molecular formula is C20H23N3O2. The topological polar surface area (TPSA) is 63.1 Å². The van der Waals surface area contributed by atoms with Crippen LogP contribution < -0.4 is 10.6 Å². The molecule has 25 heavy (non-hydrogen) atoms. The first-order chi connectivity index (χ1) is 11.9. The highest BCUT2D eigenvalue weighted by molar-refractivity contribution is 6.02. The highest BCUT2D eigenvalue weighted by Gasteiger charge is 2.26. The quantitative estimate of drug-likeness (QED) is 0.809. The zero-order chi connectivity index (χ0) is 18.0. The van der Waals surface area contributed by atoms with Gasteiger partial charge >= 0.3 is 0 Å². The fourth-order valence-electron chi connectivity index (χ4n) is 3.09. The molecule has 1 aromatic heterocycles. The van der Waals surface area contributed by atoms with E-state index in [1.165, 1.54) is 31.2 Å². The van der Waals surface area contributed by atoms with E-state index in [0.717, 1.165) is 5.56 Å². The summed E-state index contributed by atoms with van der Waals surface area (Å²) in [4.78, 5) is 23.3. The number of amides is 2. The maximum Gasteiger partial charge on any atom is 0.248 e. The lowest BCUT2D eigenvalue weighted by atomic mass is 10.2. The van der Waals surface area contributed by atoms with Crippen LogP contribution in [0.5, 0.6) is 0 Å². The van der Waals surface area contributed by atoms with Crippen LogP contribution in [0.1, 0.15) is 42.8 Å². The Labute approximate surface area is 147 Å². The number of carbonyl (C=O) groups is 2. The van der Waals surface area contributed by atoms with E-state index in [0.29, 0.717) is 17.4 Å². The van der Waals surface area contributed by atoms with Gasteiger partial charge in [0.15, 0.2) is 0 Å². The highest BCUT2D eigenvalue weighted by atomic mass is 16.2. The van der Waals surface area contributed by atoms with E-state index in [9.17, 15) is 9.59 Å². The van der Waals surface area contributed by atoms with Crippen LogP contribution in [0.3, 0.4) is 0 Å². The zero-order valence-electron chi connectivity index (χ0n) is 14.8. The third-order valence-electron chi connectivity index (χ3n) is 4.30. The molecule has 1 aliphatic rings. The predicted octanol–water partition coefficient (Wildman–Crippen LogP) is 4.05. The molecule has 0 bridgehead atoms. The van der Waals surface area contributed by atoms with E-state index < -0.39 is 0 Å². The number of rotatable bonds is 5. The third-order valence-corrected chi connectivity index (χ3v) is 4.30. The molecule has 3 rings (SSSR count). The summed E-state index contributed by atoms with van der Waals surface area (Å²) in [6.45, 7) is 5.65. The second-order valence-electron chi connectivity index (χ2n) is 6.51. The van der Waals surface area contributed by atoms with Gasteiger partial charge in [-0.25, -0.2) is 0 Å². The standard InChI is InChI=1S/C20H23N3O2/c1-13-11-16(14(2)23(13)19-8-9-19)7-10-20(25)22-18-6-4-5-17(12-18)21-15(3)24/h4-7,10-12,19H,8-9H2,1-3H3,(H,21,24)(H,22,25). The van der Waals surface area contributed by atoms with E-state index in [1.807, 2.05) is 6.08 Å². The number of benzene rings is 1. The summed E-state index contributed by atoms with van der Waals surface area (Å²) < 4.78 is 2.36. The van der Waals surface area contributed by atoms with Gasteiger partial charge in [0.1, 0.15) is 0 Å². The minimum absolute atomic E-state index is 0.144. The lowest BCUT2D eigenvalue weighted by molar-refractivity contribution is -0.114. The maximum atomic E-state index is 12.2. The normalized spacial score (nSPS) is 13.9. The first kappa shape index (κ1) is 17.0. The van der Waals surface area contributed by atoms with Crippen molar-refractivity contribution in [2.24, 2.45) is 0 Å². The Hall–Kier alpha value is -2.82. The first-order valence-electron chi connectivity index (χ1n) is 8.49. The number of hydrogen-bond donors (Lipinski definition) is 2. The second kappa shape index (κ2) is 6.97. The number of hydrogen-bond acceptors (Lipinski definition) is 2.